The number of nitrogens with zero attached hydrogens (tertiary/aromatic N) is 1. The Morgan fingerprint density at radius 2 is 2.00 bits per heavy atom. The van der Waals surface area contributed by atoms with E-state index in [1.807, 2.05) is 12.1 Å². The lowest BCUT2D eigenvalue weighted by molar-refractivity contribution is 0.394. The number of aromatic nitrogens is 1. The van der Waals surface area contributed by atoms with Crippen LogP contribution in [0, 0.1) is 0 Å². The highest BCUT2D eigenvalue weighted by Crippen LogP contribution is 2.26. The number of hydrogen-bond acceptors (Lipinski definition) is 3. The summed E-state index contributed by atoms with van der Waals surface area (Å²) in [6, 6.07) is 12.2. The summed E-state index contributed by atoms with van der Waals surface area (Å²) in [5.74, 6) is 2.10. The summed E-state index contributed by atoms with van der Waals surface area (Å²) >= 11 is 7.52. The Morgan fingerprint density at radius 1 is 1.22 bits per heavy atom. The zero-order chi connectivity index (χ0) is 12.8. The van der Waals surface area contributed by atoms with Gasteiger partial charge in [0.25, 0.3) is 0 Å². The fraction of sp³-hybridized carbons (Fsp3) is 0.214. The minimum Gasteiger partial charge on any atom is -0.481 e. The van der Waals surface area contributed by atoms with Crippen LogP contribution in [0.15, 0.2) is 47.5 Å². The van der Waals surface area contributed by atoms with Crippen molar-refractivity contribution in [2.24, 2.45) is 0 Å². The molecule has 2 rings (SSSR count). The minimum absolute atomic E-state index is 0.557. The summed E-state index contributed by atoms with van der Waals surface area (Å²) in [7, 11) is 1.64. The standard InChI is InChI=1S/C14H14ClNOS/c1-17-14-12(3-2-8-16-14)10-18-13-6-4-11(9-15)5-7-13/h2-8H,9-10H2,1H3. The van der Waals surface area contributed by atoms with Crippen molar-refractivity contribution in [1.82, 2.24) is 4.98 Å². The van der Waals surface area contributed by atoms with Crippen molar-refractivity contribution < 1.29 is 4.74 Å². The molecule has 4 heteroatoms. The molecule has 1 heterocycles. The fourth-order valence-corrected chi connectivity index (χ4v) is 2.60. The van der Waals surface area contributed by atoms with E-state index in [2.05, 4.69) is 29.2 Å². The number of halogens is 1. The second kappa shape index (κ2) is 6.66. The molecule has 0 bridgehead atoms. The van der Waals surface area contributed by atoms with Crippen molar-refractivity contribution >= 4 is 23.4 Å². The molecule has 18 heavy (non-hydrogen) atoms. The third-order valence-corrected chi connectivity index (χ3v) is 3.88. The Hall–Kier alpha value is -1.19. The van der Waals surface area contributed by atoms with Gasteiger partial charge in [-0.2, -0.15) is 0 Å². The lowest BCUT2D eigenvalue weighted by atomic mass is 10.2. The highest BCUT2D eigenvalue weighted by Gasteiger charge is 2.04. The molecule has 0 N–H and O–H groups in total. The van der Waals surface area contributed by atoms with Gasteiger partial charge in [0.15, 0.2) is 0 Å². The van der Waals surface area contributed by atoms with E-state index in [0.29, 0.717) is 11.8 Å². The maximum absolute atomic E-state index is 5.76. The van der Waals surface area contributed by atoms with Crippen LogP contribution < -0.4 is 4.74 Å². The zero-order valence-corrected chi connectivity index (χ0v) is 11.7. The summed E-state index contributed by atoms with van der Waals surface area (Å²) < 4.78 is 5.23. The first-order valence-electron chi connectivity index (χ1n) is 5.59. The van der Waals surface area contributed by atoms with Crippen LogP contribution in [0.3, 0.4) is 0 Å². The van der Waals surface area contributed by atoms with Crippen LogP contribution in [0.2, 0.25) is 0 Å². The van der Waals surface area contributed by atoms with E-state index < -0.39 is 0 Å². The summed E-state index contributed by atoms with van der Waals surface area (Å²) in [6.07, 6.45) is 1.74. The molecule has 0 fully saturated rings. The van der Waals surface area contributed by atoms with Gasteiger partial charge in [0.05, 0.1) is 7.11 Å². The minimum atomic E-state index is 0.557. The molecule has 1 aromatic heterocycles. The third kappa shape index (κ3) is 3.40. The van der Waals surface area contributed by atoms with Gasteiger partial charge in [-0.1, -0.05) is 18.2 Å². The van der Waals surface area contributed by atoms with Crippen molar-refractivity contribution in [1.29, 1.82) is 0 Å². The highest BCUT2D eigenvalue weighted by atomic mass is 35.5. The largest absolute Gasteiger partial charge is 0.481 e. The van der Waals surface area contributed by atoms with Crippen LogP contribution in [-0.2, 0) is 11.6 Å². The van der Waals surface area contributed by atoms with Gasteiger partial charge in [-0.05, 0) is 23.8 Å². The first kappa shape index (κ1) is 13.2. The van der Waals surface area contributed by atoms with Crippen molar-refractivity contribution in [2.75, 3.05) is 7.11 Å². The van der Waals surface area contributed by atoms with Gasteiger partial charge in [-0.15, -0.1) is 23.4 Å². The van der Waals surface area contributed by atoms with Crippen molar-refractivity contribution in [3.05, 3.63) is 53.7 Å². The quantitative estimate of drug-likeness (QED) is 0.607. The number of rotatable bonds is 5. The van der Waals surface area contributed by atoms with Gasteiger partial charge < -0.3 is 4.74 Å². The Bertz CT molecular complexity index is 501. The van der Waals surface area contributed by atoms with E-state index in [1.54, 1.807) is 25.1 Å². The first-order chi connectivity index (χ1) is 8.83. The van der Waals surface area contributed by atoms with Crippen LogP contribution >= 0.6 is 23.4 Å². The molecule has 0 unspecified atom stereocenters. The normalized spacial score (nSPS) is 10.3. The van der Waals surface area contributed by atoms with Crippen LogP contribution in [0.5, 0.6) is 5.88 Å². The van der Waals surface area contributed by atoms with Gasteiger partial charge in [-0.3, -0.25) is 0 Å². The molecule has 0 radical (unpaired) electrons. The van der Waals surface area contributed by atoms with Crippen LogP contribution in [0.25, 0.3) is 0 Å². The predicted octanol–water partition coefficient (Wildman–Crippen LogP) is 4.12. The molecule has 0 aliphatic rings. The molecule has 0 saturated carbocycles. The molecule has 1 aromatic carbocycles. The summed E-state index contributed by atoms with van der Waals surface area (Å²) in [5.41, 5.74) is 2.24. The number of benzene rings is 1. The zero-order valence-electron chi connectivity index (χ0n) is 10.1. The number of methoxy groups -OCH3 is 1. The predicted molar refractivity (Wildman–Crippen MR) is 76.3 cm³/mol. The molecule has 0 aliphatic carbocycles. The third-order valence-electron chi connectivity index (χ3n) is 2.52. The average molecular weight is 280 g/mol. The van der Waals surface area contributed by atoms with Crippen molar-refractivity contribution in [3.63, 3.8) is 0 Å². The number of pyridine rings is 1. The van der Waals surface area contributed by atoms with Gasteiger partial charge in [-0.25, -0.2) is 4.98 Å². The number of alkyl halides is 1. The SMILES string of the molecule is COc1ncccc1CSc1ccc(CCl)cc1. The lowest BCUT2D eigenvalue weighted by Crippen LogP contribution is -1.92. The molecule has 0 spiro atoms. The number of thioether (sulfide) groups is 1. The molecule has 2 aromatic rings. The van der Waals surface area contributed by atoms with E-state index in [-0.39, 0.29) is 0 Å². The number of ether oxygens (including phenoxy) is 1. The molecule has 0 amide bonds. The van der Waals surface area contributed by atoms with Gasteiger partial charge in [0.1, 0.15) is 0 Å². The average Bonchev–Trinajstić information content (AvgIpc) is 2.46. The van der Waals surface area contributed by atoms with Gasteiger partial charge >= 0.3 is 0 Å². The second-order valence-electron chi connectivity index (χ2n) is 3.74. The maximum Gasteiger partial charge on any atom is 0.217 e. The van der Waals surface area contributed by atoms with E-state index in [1.165, 1.54) is 4.90 Å². The molecular weight excluding hydrogens is 266 g/mol. The molecule has 94 valence electrons. The number of hydrogen-bond donors (Lipinski definition) is 0. The Balaban J connectivity index is 2.02. The summed E-state index contributed by atoms with van der Waals surface area (Å²) in [4.78, 5) is 5.40. The molecule has 0 atom stereocenters. The Kier molecular flexibility index (Phi) is 4.90. The fourth-order valence-electron chi connectivity index (χ4n) is 1.55. The van der Waals surface area contributed by atoms with Crippen LogP contribution in [0.4, 0.5) is 0 Å². The van der Waals surface area contributed by atoms with Crippen LogP contribution in [-0.4, -0.2) is 12.1 Å². The summed E-state index contributed by atoms with van der Waals surface area (Å²) in [6.45, 7) is 0. The van der Waals surface area contributed by atoms with E-state index >= 15 is 0 Å². The monoisotopic (exact) mass is 279 g/mol. The highest BCUT2D eigenvalue weighted by molar-refractivity contribution is 7.98. The van der Waals surface area contributed by atoms with E-state index in [4.69, 9.17) is 16.3 Å². The Morgan fingerprint density at radius 3 is 2.67 bits per heavy atom. The first-order valence-corrected chi connectivity index (χ1v) is 7.11. The topological polar surface area (TPSA) is 22.1 Å². The van der Waals surface area contributed by atoms with Gasteiger partial charge in [0, 0.05) is 28.3 Å². The van der Waals surface area contributed by atoms with E-state index in [0.717, 1.165) is 16.9 Å². The molecule has 2 nitrogen and oxygen atoms in total. The molecule has 0 aliphatic heterocycles. The Labute approximate surface area is 116 Å². The second-order valence-corrected chi connectivity index (χ2v) is 5.05. The summed E-state index contributed by atoms with van der Waals surface area (Å²) in [5, 5.41) is 0. The molecular formula is C14H14ClNOS. The maximum atomic E-state index is 5.76. The smallest absolute Gasteiger partial charge is 0.217 e. The van der Waals surface area contributed by atoms with Gasteiger partial charge in [0.2, 0.25) is 5.88 Å². The van der Waals surface area contributed by atoms with Crippen molar-refractivity contribution in [2.45, 2.75) is 16.5 Å². The van der Waals surface area contributed by atoms with E-state index in [9.17, 15) is 0 Å². The van der Waals surface area contributed by atoms with Crippen molar-refractivity contribution in [3.8, 4) is 5.88 Å². The van der Waals surface area contributed by atoms with Crippen LogP contribution in [0.1, 0.15) is 11.1 Å². The molecule has 0 saturated heterocycles. The lowest BCUT2D eigenvalue weighted by Gasteiger charge is -2.06.